The highest BCUT2D eigenvalue weighted by Gasteiger charge is 2.18. The van der Waals surface area contributed by atoms with Gasteiger partial charge in [0.2, 0.25) is 5.91 Å². The lowest BCUT2D eigenvalue weighted by atomic mass is 10.0. The number of nitrogens with zero attached hydrogens (tertiary/aromatic N) is 3. The highest BCUT2D eigenvalue weighted by molar-refractivity contribution is 7.26. The Kier molecular flexibility index (Phi) is 4.99. The maximum absolute atomic E-state index is 12.6. The fourth-order valence-corrected chi connectivity index (χ4v) is 5.05. The molecule has 1 aliphatic rings. The first-order valence-corrected chi connectivity index (χ1v) is 11.0. The van der Waals surface area contributed by atoms with E-state index in [1.165, 1.54) is 6.33 Å². The molecule has 0 aliphatic carbocycles. The summed E-state index contributed by atoms with van der Waals surface area (Å²) in [5.41, 5.74) is 9.30. The summed E-state index contributed by atoms with van der Waals surface area (Å²) in [5, 5.41) is 3.79. The van der Waals surface area contributed by atoms with Gasteiger partial charge in [-0.05, 0) is 42.2 Å². The summed E-state index contributed by atoms with van der Waals surface area (Å²) in [4.78, 5) is 35.0. The molecule has 7 nitrogen and oxygen atoms in total. The van der Waals surface area contributed by atoms with Crippen LogP contribution in [-0.2, 0) is 4.79 Å². The van der Waals surface area contributed by atoms with Crippen molar-refractivity contribution >= 4 is 49.3 Å². The zero-order valence-corrected chi connectivity index (χ0v) is 17.6. The quantitative estimate of drug-likeness (QED) is 0.515. The van der Waals surface area contributed by atoms with E-state index < -0.39 is 0 Å². The van der Waals surface area contributed by atoms with Gasteiger partial charge in [-0.1, -0.05) is 24.3 Å². The van der Waals surface area contributed by atoms with Gasteiger partial charge < -0.3 is 16.0 Å². The fraction of sp³-hybridized carbons (Fsp3) is 0.217. The third-order valence-electron chi connectivity index (χ3n) is 5.60. The number of benzene rings is 2. The molecule has 5 rings (SSSR count). The number of fused-ring (bicyclic) bond motifs is 3. The van der Waals surface area contributed by atoms with Crippen LogP contribution in [0.5, 0.6) is 0 Å². The Labute approximate surface area is 182 Å². The van der Waals surface area contributed by atoms with Gasteiger partial charge in [0.25, 0.3) is 5.91 Å². The van der Waals surface area contributed by atoms with E-state index in [0.717, 1.165) is 57.4 Å². The van der Waals surface area contributed by atoms with E-state index in [2.05, 4.69) is 21.4 Å². The van der Waals surface area contributed by atoms with Crippen molar-refractivity contribution in [1.29, 1.82) is 0 Å². The number of nitrogens with one attached hydrogen (secondary N) is 1. The molecular weight excluding hydrogens is 410 g/mol. The third-order valence-corrected chi connectivity index (χ3v) is 6.76. The number of amides is 2. The number of thiophene rings is 1. The molecule has 3 N–H and O–H groups in total. The minimum Gasteiger partial charge on any atom is -0.382 e. The van der Waals surface area contributed by atoms with Gasteiger partial charge in [-0.25, -0.2) is 9.97 Å². The van der Waals surface area contributed by atoms with Crippen LogP contribution in [0.1, 0.15) is 23.2 Å². The Morgan fingerprint density at radius 1 is 1.06 bits per heavy atom. The Hall–Kier alpha value is -3.52. The van der Waals surface area contributed by atoms with Crippen molar-refractivity contribution < 1.29 is 9.59 Å². The SMILES string of the molecule is Nc1ncnc2c1sc1cc(-c3cccc(C(=O)NCC(=O)N4CCCC4)c3)ccc12. The number of nitrogens with two attached hydrogens (primary N) is 1. The van der Waals surface area contributed by atoms with Gasteiger partial charge in [0, 0.05) is 28.7 Å². The van der Waals surface area contributed by atoms with E-state index in [1.807, 2.05) is 30.3 Å². The second-order valence-corrected chi connectivity index (χ2v) is 8.65. The topological polar surface area (TPSA) is 101 Å². The molecule has 8 heteroatoms. The average molecular weight is 432 g/mol. The lowest BCUT2D eigenvalue weighted by molar-refractivity contribution is -0.129. The zero-order chi connectivity index (χ0) is 21.4. The molecule has 0 atom stereocenters. The first-order valence-electron chi connectivity index (χ1n) is 10.2. The van der Waals surface area contributed by atoms with Crippen LogP contribution in [0.3, 0.4) is 0 Å². The van der Waals surface area contributed by atoms with Crippen molar-refractivity contribution in [2.45, 2.75) is 12.8 Å². The van der Waals surface area contributed by atoms with Crippen molar-refractivity contribution in [3.05, 3.63) is 54.4 Å². The normalized spacial score (nSPS) is 13.7. The van der Waals surface area contributed by atoms with E-state index in [0.29, 0.717) is 11.4 Å². The summed E-state index contributed by atoms with van der Waals surface area (Å²) in [6.07, 6.45) is 3.55. The zero-order valence-electron chi connectivity index (χ0n) is 16.8. The predicted octanol–water partition coefficient (Wildman–Crippen LogP) is 3.45. The number of anilines is 1. The largest absolute Gasteiger partial charge is 0.382 e. The molecule has 2 aromatic heterocycles. The van der Waals surface area contributed by atoms with Crippen LogP contribution in [0.15, 0.2) is 48.8 Å². The van der Waals surface area contributed by atoms with Gasteiger partial charge in [-0.2, -0.15) is 0 Å². The van der Waals surface area contributed by atoms with Gasteiger partial charge in [-0.15, -0.1) is 11.3 Å². The molecule has 0 spiro atoms. The molecule has 1 fully saturated rings. The molecule has 0 radical (unpaired) electrons. The number of rotatable bonds is 4. The van der Waals surface area contributed by atoms with Gasteiger partial charge in [0.1, 0.15) is 12.1 Å². The number of nitrogen functional groups attached to an aromatic ring is 1. The summed E-state index contributed by atoms with van der Waals surface area (Å²) < 4.78 is 1.94. The maximum Gasteiger partial charge on any atom is 0.251 e. The number of hydrogen-bond acceptors (Lipinski definition) is 6. The number of hydrogen-bond donors (Lipinski definition) is 2. The average Bonchev–Trinajstić information content (AvgIpc) is 3.46. The summed E-state index contributed by atoms with van der Waals surface area (Å²) in [6, 6.07) is 13.5. The molecule has 1 aliphatic heterocycles. The molecule has 156 valence electrons. The molecule has 2 amide bonds. The second kappa shape index (κ2) is 7.96. The highest BCUT2D eigenvalue weighted by Crippen LogP contribution is 2.37. The molecule has 31 heavy (non-hydrogen) atoms. The van der Waals surface area contributed by atoms with Crippen LogP contribution in [-0.4, -0.2) is 46.3 Å². The first-order chi connectivity index (χ1) is 15.1. The van der Waals surface area contributed by atoms with Gasteiger partial charge in [0.05, 0.1) is 16.8 Å². The fourth-order valence-electron chi connectivity index (χ4n) is 3.95. The molecule has 2 aromatic carbocycles. The predicted molar refractivity (Wildman–Crippen MR) is 123 cm³/mol. The van der Waals surface area contributed by atoms with Crippen molar-refractivity contribution in [3.63, 3.8) is 0 Å². The monoisotopic (exact) mass is 431 g/mol. The minimum atomic E-state index is -0.250. The summed E-state index contributed by atoms with van der Waals surface area (Å²) in [6.45, 7) is 1.59. The summed E-state index contributed by atoms with van der Waals surface area (Å²) in [5.74, 6) is 0.204. The summed E-state index contributed by atoms with van der Waals surface area (Å²) >= 11 is 1.56. The van der Waals surface area contributed by atoms with Crippen molar-refractivity contribution in [1.82, 2.24) is 20.2 Å². The van der Waals surface area contributed by atoms with Gasteiger partial charge in [-0.3, -0.25) is 9.59 Å². The standard InChI is InChI=1S/C23H21N5O2S/c24-22-21-20(26-13-27-22)17-7-6-15(11-18(17)31-21)14-4-3-5-16(10-14)23(30)25-12-19(29)28-8-1-2-9-28/h3-7,10-11,13H,1-2,8-9,12H2,(H,25,30)(H2,24,26,27). The molecule has 0 saturated carbocycles. The minimum absolute atomic E-state index is 0.0270. The van der Waals surface area contributed by atoms with Crippen LogP contribution in [0, 0.1) is 0 Å². The van der Waals surface area contributed by atoms with E-state index in [-0.39, 0.29) is 18.4 Å². The van der Waals surface area contributed by atoms with Crippen LogP contribution in [0.25, 0.3) is 31.4 Å². The third kappa shape index (κ3) is 3.70. The molecule has 0 unspecified atom stereocenters. The molecule has 4 aromatic rings. The second-order valence-electron chi connectivity index (χ2n) is 7.60. The molecule has 1 saturated heterocycles. The van der Waals surface area contributed by atoms with Gasteiger partial charge in [0.15, 0.2) is 0 Å². The van der Waals surface area contributed by atoms with Crippen LogP contribution >= 0.6 is 11.3 Å². The number of carbonyl (C=O) groups is 2. The Morgan fingerprint density at radius 2 is 1.87 bits per heavy atom. The summed E-state index contributed by atoms with van der Waals surface area (Å²) in [7, 11) is 0. The number of carbonyl (C=O) groups excluding carboxylic acids is 2. The lowest BCUT2D eigenvalue weighted by Gasteiger charge is -2.15. The molecular formula is C23H21N5O2S. The van der Waals surface area contributed by atoms with E-state index in [1.54, 1.807) is 22.3 Å². The first kappa shape index (κ1) is 19.4. The Morgan fingerprint density at radius 3 is 2.71 bits per heavy atom. The van der Waals surface area contributed by atoms with Crippen molar-refractivity contribution in [2.75, 3.05) is 25.4 Å². The van der Waals surface area contributed by atoms with E-state index in [4.69, 9.17) is 5.73 Å². The Balaban J connectivity index is 1.38. The smallest absolute Gasteiger partial charge is 0.251 e. The maximum atomic E-state index is 12.6. The van der Waals surface area contributed by atoms with E-state index in [9.17, 15) is 9.59 Å². The van der Waals surface area contributed by atoms with Crippen LogP contribution in [0.4, 0.5) is 5.82 Å². The number of aromatic nitrogens is 2. The van der Waals surface area contributed by atoms with Crippen LogP contribution < -0.4 is 11.1 Å². The molecule has 3 heterocycles. The van der Waals surface area contributed by atoms with E-state index >= 15 is 0 Å². The lowest BCUT2D eigenvalue weighted by Crippen LogP contribution is -2.38. The molecule has 0 bridgehead atoms. The van der Waals surface area contributed by atoms with Crippen molar-refractivity contribution in [3.8, 4) is 11.1 Å². The van der Waals surface area contributed by atoms with Crippen molar-refractivity contribution in [2.24, 2.45) is 0 Å². The van der Waals surface area contributed by atoms with Gasteiger partial charge >= 0.3 is 0 Å². The van der Waals surface area contributed by atoms with Crippen LogP contribution in [0.2, 0.25) is 0 Å². The number of likely N-dealkylation sites (tertiary alicyclic amines) is 1. The Bertz CT molecular complexity index is 1310. The highest BCUT2D eigenvalue weighted by atomic mass is 32.1.